The first-order valence-corrected chi connectivity index (χ1v) is 3.58. The van der Waals surface area contributed by atoms with E-state index < -0.39 is 5.92 Å². The molecule has 0 radical (unpaired) electrons. The fourth-order valence-electron chi connectivity index (χ4n) is 1.19. The van der Waals surface area contributed by atoms with Gasteiger partial charge in [0, 0.05) is 18.4 Å². The van der Waals surface area contributed by atoms with Crippen molar-refractivity contribution in [1.29, 1.82) is 0 Å². The summed E-state index contributed by atoms with van der Waals surface area (Å²) in [6, 6.07) is 0. The molecule has 2 N–H and O–H groups in total. The second kappa shape index (κ2) is 2.16. The summed E-state index contributed by atoms with van der Waals surface area (Å²) < 4.78 is 25.0. The van der Waals surface area contributed by atoms with Gasteiger partial charge < -0.3 is 5.73 Å². The first-order valence-electron chi connectivity index (χ1n) is 3.58. The average Bonchev–Trinajstić information content (AvgIpc) is 1.79. The third-order valence-electron chi connectivity index (χ3n) is 2.12. The highest BCUT2D eigenvalue weighted by Crippen LogP contribution is 2.36. The molecule has 1 fully saturated rings. The molecule has 1 nitrogen and oxygen atoms in total. The molecule has 0 atom stereocenters. The van der Waals surface area contributed by atoms with Crippen LogP contribution in [0, 0.1) is 0 Å². The first-order chi connectivity index (χ1) is 4.41. The number of nitrogens with two attached hydrogens (primary N) is 1. The second-order valence-corrected chi connectivity index (χ2v) is 3.51. The van der Waals surface area contributed by atoms with E-state index in [2.05, 4.69) is 0 Å². The maximum atomic E-state index is 12.5. The lowest BCUT2D eigenvalue weighted by Gasteiger charge is -2.33. The van der Waals surface area contributed by atoms with E-state index >= 15 is 0 Å². The molecule has 10 heavy (non-hydrogen) atoms. The van der Waals surface area contributed by atoms with Crippen molar-refractivity contribution in [2.24, 2.45) is 5.73 Å². The van der Waals surface area contributed by atoms with Crippen LogP contribution in [-0.4, -0.2) is 11.5 Å². The SMILES string of the molecule is CC1(N)CCC(F)(F)CC1. The van der Waals surface area contributed by atoms with Gasteiger partial charge in [0.25, 0.3) is 0 Å². The Morgan fingerprint density at radius 2 is 1.50 bits per heavy atom. The zero-order valence-electron chi connectivity index (χ0n) is 6.16. The van der Waals surface area contributed by atoms with Crippen LogP contribution in [0.5, 0.6) is 0 Å². The summed E-state index contributed by atoms with van der Waals surface area (Å²) in [5, 5.41) is 0. The molecule has 0 bridgehead atoms. The quantitative estimate of drug-likeness (QED) is 0.559. The van der Waals surface area contributed by atoms with Gasteiger partial charge in [0.05, 0.1) is 0 Å². The normalized spacial score (nSPS) is 30.0. The fourth-order valence-corrected chi connectivity index (χ4v) is 1.19. The maximum absolute atomic E-state index is 12.5. The Balaban J connectivity index is 2.46. The topological polar surface area (TPSA) is 26.0 Å². The van der Waals surface area contributed by atoms with Crippen molar-refractivity contribution < 1.29 is 8.78 Å². The molecule has 1 saturated carbocycles. The number of hydrogen-bond donors (Lipinski definition) is 1. The average molecular weight is 149 g/mol. The zero-order chi connectivity index (χ0) is 7.83. The monoisotopic (exact) mass is 149 g/mol. The highest BCUT2D eigenvalue weighted by atomic mass is 19.3. The molecule has 3 heteroatoms. The summed E-state index contributed by atoms with van der Waals surface area (Å²) >= 11 is 0. The van der Waals surface area contributed by atoms with Gasteiger partial charge in [-0.25, -0.2) is 8.78 Å². The Kier molecular flexibility index (Phi) is 1.71. The third kappa shape index (κ3) is 1.90. The van der Waals surface area contributed by atoms with Crippen molar-refractivity contribution in [3.63, 3.8) is 0 Å². The van der Waals surface area contributed by atoms with Crippen LogP contribution in [0.4, 0.5) is 8.78 Å². The summed E-state index contributed by atoms with van der Waals surface area (Å²) in [7, 11) is 0. The Bertz CT molecular complexity index is 104. The predicted molar refractivity (Wildman–Crippen MR) is 36.0 cm³/mol. The molecule has 0 unspecified atom stereocenters. The van der Waals surface area contributed by atoms with E-state index in [0.717, 1.165) is 0 Å². The van der Waals surface area contributed by atoms with Crippen molar-refractivity contribution in [1.82, 2.24) is 0 Å². The highest BCUT2D eigenvalue weighted by Gasteiger charge is 2.38. The molecule has 0 saturated heterocycles. The van der Waals surface area contributed by atoms with E-state index in [9.17, 15) is 8.78 Å². The maximum Gasteiger partial charge on any atom is 0.248 e. The lowest BCUT2D eigenvalue weighted by atomic mass is 9.82. The molecule has 60 valence electrons. The van der Waals surface area contributed by atoms with Crippen molar-refractivity contribution in [3.8, 4) is 0 Å². The number of halogens is 2. The second-order valence-electron chi connectivity index (χ2n) is 3.51. The number of rotatable bonds is 0. The first kappa shape index (κ1) is 7.92. The van der Waals surface area contributed by atoms with Crippen molar-refractivity contribution in [2.75, 3.05) is 0 Å². The van der Waals surface area contributed by atoms with E-state index in [-0.39, 0.29) is 18.4 Å². The Morgan fingerprint density at radius 3 is 1.80 bits per heavy atom. The molecular weight excluding hydrogens is 136 g/mol. The molecule has 0 aromatic rings. The van der Waals surface area contributed by atoms with Crippen molar-refractivity contribution in [3.05, 3.63) is 0 Å². The molecule has 0 heterocycles. The van der Waals surface area contributed by atoms with Gasteiger partial charge in [0.1, 0.15) is 0 Å². The summed E-state index contributed by atoms with van der Waals surface area (Å²) in [5.74, 6) is -2.45. The molecule has 0 aliphatic heterocycles. The third-order valence-corrected chi connectivity index (χ3v) is 2.12. The smallest absolute Gasteiger partial charge is 0.248 e. The van der Waals surface area contributed by atoms with Crippen LogP contribution in [-0.2, 0) is 0 Å². The molecule has 1 aliphatic carbocycles. The Morgan fingerprint density at radius 1 is 1.10 bits per heavy atom. The predicted octanol–water partition coefficient (Wildman–Crippen LogP) is 1.91. The highest BCUT2D eigenvalue weighted by molar-refractivity contribution is 4.88. The fraction of sp³-hybridized carbons (Fsp3) is 1.00. The van der Waals surface area contributed by atoms with Crippen LogP contribution in [0.25, 0.3) is 0 Å². The molecule has 1 rings (SSSR count). The van der Waals surface area contributed by atoms with Crippen LogP contribution >= 0.6 is 0 Å². The van der Waals surface area contributed by atoms with Gasteiger partial charge in [0.2, 0.25) is 5.92 Å². The van der Waals surface area contributed by atoms with Gasteiger partial charge in [-0.3, -0.25) is 0 Å². The summed E-state index contributed by atoms with van der Waals surface area (Å²) in [6.45, 7) is 1.84. The largest absolute Gasteiger partial charge is 0.325 e. The van der Waals surface area contributed by atoms with E-state index in [1.165, 1.54) is 0 Å². The minimum Gasteiger partial charge on any atom is -0.325 e. The lowest BCUT2D eigenvalue weighted by Crippen LogP contribution is -2.43. The van der Waals surface area contributed by atoms with Gasteiger partial charge in [-0.15, -0.1) is 0 Å². The standard InChI is InChI=1S/C7H13F2N/c1-6(10)2-4-7(8,9)5-3-6/h2-5,10H2,1H3. The van der Waals surface area contributed by atoms with E-state index in [4.69, 9.17) is 5.73 Å². The van der Waals surface area contributed by atoms with Gasteiger partial charge in [-0.05, 0) is 19.8 Å². The molecular formula is C7H13F2N. The van der Waals surface area contributed by atoms with Crippen LogP contribution in [0.2, 0.25) is 0 Å². The zero-order valence-corrected chi connectivity index (χ0v) is 6.16. The molecule has 0 amide bonds. The van der Waals surface area contributed by atoms with E-state index in [1.54, 1.807) is 0 Å². The minimum atomic E-state index is -2.45. The van der Waals surface area contributed by atoms with Crippen molar-refractivity contribution in [2.45, 2.75) is 44.1 Å². The van der Waals surface area contributed by atoms with Crippen LogP contribution in [0.1, 0.15) is 32.6 Å². The number of alkyl halides is 2. The number of hydrogen-bond acceptors (Lipinski definition) is 1. The van der Waals surface area contributed by atoms with Crippen molar-refractivity contribution >= 4 is 0 Å². The Hall–Kier alpha value is -0.180. The summed E-state index contributed by atoms with van der Waals surface area (Å²) in [5.41, 5.74) is 5.32. The molecule has 0 spiro atoms. The summed E-state index contributed by atoms with van der Waals surface area (Å²) in [4.78, 5) is 0. The molecule has 1 aliphatic rings. The molecule has 0 aromatic carbocycles. The lowest BCUT2D eigenvalue weighted by molar-refractivity contribution is -0.0483. The molecule has 0 aromatic heterocycles. The van der Waals surface area contributed by atoms with Gasteiger partial charge in [-0.2, -0.15) is 0 Å². The summed E-state index contributed by atoms with van der Waals surface area (Å²) in [6.07, 6.45) is 0.806. The van der Waals surface area contributed by atoms with Crippen LogP contribution in [0.15, 0.2) is 0 Å². The minimum absolute atomic E-state index is 0.0417. The van der Waals surface area contributed by atoms with E-state index in [1.807, 2.05) is 6.92 Å². The van der Waals surface area contributed by atoms with Crippen LogP contribution < -0.4 is 5.73 Å². The van der Waals surface area contributed by atoms with Gasteiger partial charge >= 0.3 is 0 Å². The van der Waals surface area contributed by atoms with Crippen LogP contribution in [0.3, 0.4) is 0 Å². The Labute approximate surface area is 59.6 Å². The van der Waals surface area contributed by atoms with Gasteiger partial charge in [0.15, 0.2) is 0 Å². The van der Waals surface area contributed by atoms with E-state index in [0.29, 0.717) is 12.8 Å². The van der Waals surface area contributed by atoms with Gasteiger partial charge in [-0.1, -0.05) is 0 Å².